The molecule has 1 fully saturated rings. The molecule has 1 aromatic heterocycles. The maximum Gasteiger partial charge on any atom is 0.256 e. The molecule has 2 rings (SSSR count). The topological polar surface area (TPSA) is 45.2 Å². The molecular weight excluding hydrogens is 238 g/mol. The predicted octanol–water partition coefficient (Wildman–Crippen LogP) is 2.92. The van der Waals surface area contributed by atoms with Gasteiger partial charge in [-0.3, -0.25) is 9.78 Å². The number of nitrogens with one attached hydrogen (secondary N) is 1. The van der Waals surface area contributed by atoms with Gasteiger partial charge in [0.05, 0.1) is 17.4 Å². The van der Waals surface area contributed by atoms with Gasteiger partial charge < -0.3 is 10.2 Å². The summed E-state index contributed by atoms with van der Waals surface area (Å²) < 4.78 is 0. The third-order valence-corrected chi connectivity index (χ3v) is 3.83. The second kappa shape index (κ2) is 6.55. The molecule has 2 heterocycles. The van der Waals surface area contributed by atoms with Gasteiger partial charge in [0.15, 0.2) is 0 Å². The SMILES string of the molecule is CCCC1CCCCN1C(=O)c1ccncc1NC. The zero-order valence-corrected chi connectivity index (χ0v) is 11.9. The Hall–Kier alpha value is -1.58. The molecule has 1 N–H and O–H groups in total. The molecule has 0 saturated carbocycles. The van der Waals surface area contributed by atoms with Crippen LogP contribution in [-0.2, 0) is 0 Å². The van der Waals surface area contributed by atoms with E-state index in [1.54, 1.807) is 12.4 Å². The van der Waals surface area contributed by atoms with Crippen molar-refractivity contribution in [2.45, 2.75) is 45.1 Å². The van der Waals surface area contributed by atoms with Crippen molar-refractivity contribution in [3.63, 3.8) is 0 Å². The number of carbonyl (C=O) groups excluding carboxylic acids is 1. The molecule has 1 amide bonds. The van der Waals surface area contributed by atoms with Crippen LogP contribution in [0.2, 0.25) is 0 Å². The summed E-state index contributed by atoms with van der Waals surface area (Å²) >= 11 is 0. The molecule has 1 unspecified atom stereocenters. The lowest BCUT2D eigenvalue weighted by molar-refractivity contribution is 0.0601. The molecule has 4 nitrogen and oxygen atoms in total. The Balaban J connectivity index is 2.21. The Bertz CT molecular complexity index is 431. The van der Waals surface area contributed by atoms with Gasteiger partial charge in [-0.25, -0.2) is 0 Å². The van der Waals surface area contributed by atoms with Gasteiger partial charge in [0, 0.05) is 25.8 Å². The summed E-state index contributed by atoms with van der Waals surface area (Å²) in [7, 11) is 1.83. The number of likely N-dealkylation sites (tertiary alicyclic amines) is 1. The summed E-state index contributed by atoms with van der Waals surface area (Å²) in [5.41, 5.74) is 1.55. The van der Waals surface area contributed by atoms with Gasteiger partial charge in [0.2, 0.25) is 0 Å². The van der Waals surface area contributed by atoms with Crippen LogP contribution in [0.4, 0.5) is 5.69 Å². The fourth-order valence-corrected chi connectivity index (χ4v) is 2.84. The van der Waals surface area contributed by atoms with Crippen LogP contribution < -0.4 is 5.32 Å². The van der Waals surface area contributed by atoms with Crippen LogP contribution in [0.5, 0.6) is 0 Å². The molecule has 1 saturated heterocycles. The fraction of sp³-hybridized carbons (Fsp3) is 0.600. The van der Waals surface area contributed by atoms with Gasteiger partial charge >= 0.3 is 0 Å². The standard InChI is InChI=1S/C15H23N3O/c1-3-6-12-7-4-5-10-18(12)15(19)13-8-9-17-11-14(13)16-2/h8-9,11-12,16H,3-7,10H2,1-2H3. The lowest BCUT2D eigenvalue weighted by atomic mass is 9.97. The molecule has 0 aromatic carbocycles. The average molecular weight is 261 g/mol. The Morgan fingerprint density at radius 1 is 1.53 bits per heavy atom. The molecule has 1 aromatic rings. The first-order valence-corrected chi connectivity index (χ1v) is 7.20. The Morgan fingerprint density at radius 3 is 3.11 bits per heavy atom. The number of rotatable bonds is 4. The summed E-state index contributed by atoms with van der Waals surface area (Å²) in [4.78, 5) is 18.8. The molecule has 1 aliphatic rings. The van der Waals surface area contributed by atoms with E-state index in [0.717, 1.165) is 43.5 Å². The van der Waals surface area contributed by atoms with Crippen LogP contribution in [-0.4, -0.2) is 35.4 Å². The first kappa shape index (κ1) is 13.8. The minimum atomic E-state index is 0.143. The lowest BCUT2D eigenvalue weighted by Gasteiger charge is -2.36. The number of hydrogen-bond donors (Lipinski definition) is 1. The van der Waals surface area contributed by atoms with Crippen LogP contribution in [0.3, 0.4) is 0 Å². The van der Waals surface area contributed by atoms with E-state index in [-0.39, 0.29) is 5.91 Å². The van der Waals surface area contributed by atoms with Crippen molar-refractivity contribution in [3.8, 4) is 0 Å². The minimum Gasteiger partial charge on any atom is -0.386 e. The van der Waals surface area contributed by atoms with Crippen molar-refractivity contribution in [2.75, 3.05) is 18.9 Å². The van der Waals surface area contributed by atoms with Crippen molar-refractivity contribution >= 4 is 11.6 Å². The number of carbonyl (C=O) groups is 1. The zero-order valence-electron chi connectivity index (χ0n) is 11.9. The number of hydrogen-bond acceptors (Lipinski definition) is 3. The molecule has 4 heteroatoms. The molecule has 1 atom stereocenters. The van der Waals surface area contributed by atoms with Crippen molar-refractivity contribution in [1.82, 2.24) is 9.88 Å². The summed E-state index contributed by atoms with van der Waals surface area (Å²) in [5.74, 6) is 0.143. The maximum absolute atomic E-state index is 12.7. The van der Waals surface area contributed by atoms with E-state index < -0.39 is 0 Å². The van der Waals surface area contributed by atoms with Gasteiger partial charge in [0.25, 0.3) is 5.91 Å². The summed E-state index contributed by atoms with van der Waals surface area (Å²) in [6.07, 6.45) is 9.13. The quantitative estimate of drug-likeness (QED) is 0.906. The minimum absolute atomic E-state index is 0.143. The summed E-state index contributed by atoms with van der Waals surface area (Å²) in [6, 6.07) is 2.22. The number of aromatic nitrogens is 1. The largest absolute Gasteiger partial charge is 0.386 e. The van der Waals surface area contributed by atoms with Gasteiger partial charge in [-0.2, -0.15) is 0 Å². The predicted molar refractivity (Wildman–Crippen MR) is 77.4 cm³/mol. The van der Waals surface area contributed by atoms with Crippen molar-refractivity contribution in [2.24, 2.45) is 0 Å². The first-order valence-electron chi connectivity index (χ1n) is 7.20. The van der Waals surface area contributed by atoms with Crippen LogP contribution in [0.25, 0.3) is 0 Å². The second-order valence-corrected chi connectivity index (χ2v) is 5.11. The van der Waals surface area contributed by atoms with Gasteiger partial charge in [0.1, 0.15) is 0 Å². The van der Waals surface area contributed by atoms with E-state index in [4.69, 9.17) is 0 Å². The highest BCUT2D eigenvalue weighted by Crippen LogP contribution is 2.25. The van der Waals surface area contributed by atoms with Crippen LogP contribution >= 0.6 is 0 Å². The van der Waals surface area contributed by atoms with E-state index in [0.29, 0.717) is 6.04 Å². The highest BCUT2D eigenvalue weighted by atomic mass is 16.2. The Kier molecular flexibility index (Phi) is 4.77. The number of pyridine rings is 1. The van der Waals surface area contributed by atoms with Gasteiger partial charge in [-0.15, -0.1) is 0 Å². The smallest absolute Gasteiger partial charge is 0.256 e. The normalized spacial score (nSPS) is 19.3. The average Bonchev–Trinajstić information content (AvgIpc) is 2.47. The van der Waals surface area contributed by atoms with Crippen LogP contribution in [0, 0.1) is 0 Å². The zero-order chi connectivity index (χ0) is 13.7. The molecule has 1 aliphatic heterocycles. The molecule has 0 bridgehead atoms. The Morgan fingerprint density at radius 2 is 2.37 bits per heavy atom. The third kappa shape index (κ3) is 3.06. The van der Waals surface area contributed by atoms with E-state index in [1.807, 2.05) is 13.1 Å². The maximum atomic E-state index is 12.7. The number of piperidine rings is 1. The number of amides is 1. The first-order chi connectivity index (χ1) is 9.27. The summed E-state index contributed by atoms with van der Waals surface area (Å²) in [6.45, 7) is 3.07. The number of anilines is 1. The van der Waals surface area contributed by atoms with E-state index in [2.05, 4.69) is 22.1 Å². The van der Waals surface area contributed by atoms with Crippen LogP contribution in [0.15, 0.2) is 18.5 Å². The van der Waals surface area contributed by atoms with Gasteiger partial charge in [-0.1, -0.05) is 13.3 Å². The molecule has 0 aliphatic carbocycles. The Labute approximate surface area is 115 Å². The highest BCUT2D eigenvalue weighted by Gasteiger charge is 2.27. The lowest BCUT2D eigenvalue weighted by Crippen LogP contribution is -2.43. The van der Waals surface area contributed by atoms with E-state index in [9.17, 15) is 4.79 Å². The molecular formula is C15H23N3O. The highest BCUT2D eigenvalue weighted by molar-refractivity contribution is 5.99. The monoisotopic (exact) mass is 261 g/mol. The van der Waals surface area contributed by atoms with Gasteiger partial charge in [-0.05, 0) is 31.7 Å². The molecule has 19 heavy (non-hydrogen) atoms. The van der Waals surface area contributed by atoms with Crippen molar-refractivity contribution in [1.29, 1.82) is 0 Å². The van der Waals surface area contributed by atoms with Crippen LogP contribution in [0.1, 0.15) is 49.4 Å². The second-order valence-electron chi connectivity index (χ2n) is 5.11. The fourth-order valence-electron chi connectivity index (χ4n) is 2.84. The molecule has 0 radical (unpaired) electrons. The molecule has 0 spiro atoms. The van der Waals surface area contributed by atoms with E-state index in [1.165, 1.54) is 6.42 Å². The third-order valence-electron chi connectivity index (χ3n) is 3.83. The number of nitrogens with zero attached hydrogens (tertiary/aromatic N) is 2. The molecule has 104 valence electrons. The van der Waals surface area contributed by atoms with E-state index >= 15 is 0 Å². The summed E-state index contributed by atoms with van der Waals surface area (Å²) in [5, 5.41) is 3.05. The van der Waals surface area contributed by atoms with Crippen molar-refractivity contribution in [3.05, 3.63) is 24.0 Å². The van der Waals surface area contributed by atoms with Crippen molar-refractivity contribution < 1.29 is 4.79 Å².